The van der Waals surface area contributed by atoms with Crippen molar-refractivity contribution in [2.75, 3.05) is 18.5 Å². The Morgan fingerprint density at radius 2 is 2.26 bits per heavy atom. The van der Waals surface area contributed by atoms with Gasteiger partial charge in [-0.25, -0.2) is 0 Å². The zero-order valence-electron chi connectivity index (χ0n) is 12.4. The van der Waals surface area contributed by atoms with Crippen LogP contribution >= 0.6 is 0 Å². The highest BCUT2D eigenvalue weighted by Gasteiger charge is 2.19. The molecular formula is C16H17N3O4. The molecule has 23 heavy (non-hydrogen) atoms. The average Bonchev–Trinajstić information content (AvgIpc) is 3.19. The van der Waals surface area contributed by atoms with Crippen molar-refractivity contribution in [1.29, 1.82) is 0 Å². The Morgan fingerprint density at radius 3 is 3.00 bits per heavy atom. The molecule has 1 amide bonds. The second kappa shape index (κ2) is 6.62. The van der Waals surface area contributed by atoms with Crippen LogP contribution in [0.2, 0.25) is 0 Å². The molecule has 2 heterocycles. The maximum atomic E-state index is 12.3. The highest BCUT2D eigenvalue weighted by molar-refractivity contribution is 6.03. The standard InChI is InChI=1S/C16H17N3O4/c20-15(21)9-19-6-4-14(18-19)17-16(22)12-3-1-2-11(8-12)13-5-7-23-10-13/h1-4,6,8,13H,5,7,9-10H2,(H,20,21)(H,17,18,22)/t13-/m0/s1. The first-order valence-corrected chi connectivity index (χ1v) is 7.36. The van der Waals surface area contributed by atoms with Crippen molar-refractivity contribution >= 4 is 17.7 Å². The third-order valence-corrected chi connectivity index (χ3v) is 3.73. The van der Waals surface area contributed by atoms with Crippen molar-refractivity contribution in [3.63, 3.8) is 0 Å². The normalized spacial score (nSPS) is 17.1. The molecule has 1 aliphatic rings. The summed E-state index contributed by atoms with van der Waals surface area (Å²) >= 11 is 0. The fourth-order valence-corrected chi connectivity index (χ4v) is 2.57. The zero-order chi connectivity index (χ0) is 16.2. The van der Waals surface area contributed by atoms with Crippen LogP contribution in [0.3, 0.4) is 0 Å². The van der Waals surface area contributed by atoms with E-state index in [1.54, 1.807) is 12.1 Å². The highest BCUT2D eigenvalue weighted by Crippen LogP contribution is 2.25. The molecule has 0 aliphatic carbocycles. The van der Waals surface area contributed by atoms with Crippen LogP contribution in [0.15, 0.2) is 36.5 Å². The number of aliphatic carboxylic acids is 1. The monoisotopic (exact) mass is 315 g/mol. The maximum absolute atomic E-state index is 12.3. The van der Waals surface area contributed by atoms with Crippen LogP contribution in [-0.4, -0.2) is 40.0 Å². The first-order chi connectivity index (χ1) is 11.1. The summed E-state index contributed by atoms with van der Waals surface area (Å²) in [4.78, 5) is 22.9. The predicted molar refractivity (Wildman–Crippen MR) is 82.4 cm³/mol. The summed E-state index contributed by atoms with van der Waals surface area (Å²) in [5.41, 5.74) is 1.63. The molecule has 0 unspecified atom stereocenters. The van der Waals surface area contributed by atoms with E-state index in [9.17, 15) is 9.59 Å². The number of ether oxygens (including phenoxy) is 1. The second-order valence-electron chi connectivity index (χ2n) is 5.43. The van der Waals surface area contributed by atoms with Crippen LogP contribution < -0.4 is 5.32 Å². The van der Waals surface area contributed by atoms with Gasteiger partial charge in [0.1, 0.15) is 6.54 Å². The first-order valence-electron chi connectivity index (χ1n) is 7.36. The van der Waals surface area contributed by atoms with E-state index in [0.717, 1.165) is 18.6 Å². The van der Waals surface area contributed by atoms with E-state index >= 15 is 0 Å². The number of carboxylic acid groups (broad SMARTS) is 1. The summed E-state index contributed by atoms with van der Waals surface area (Å²) in [6.45, 7) is 1.19. The summed E-state index contributed by atoms with van der Waals surface area (Å²) in [7, 11) is 0. The summed E-state index contributed by atoms with van der Waals surface area (Å²) in [6.07, 6.45) is 2.47. The number of aromatic nitrogens is 2. The SMILES string of the molecule is O=C(O)Cn1ccc(NC(=O)c2cccc([C@H]3CCOC3)c2)n1. The van der Waals surface area contributed by atoms with Crippen LogP contribution in [-0.2, 0) is 16.1 Å². The second-order valence-corrected chi connectivity index (χ2v) is 5.43. The van der Waals surface area contributed by atoms with E-state index in [0.29, 0.717) is 23.9 Å². The predicted octanol–water partition coefficient (Wildman–Crippen LogP) is 1.72. The lowest BCUT2D eigenvalue weighted by Crippen LogP contribution is -2.14. The molecule has 0 radical (unpaired) electrons. The van der Waals surface area contributed by atoms with E-state index in [1.165, 1.54) is 10.9 Å². The van der Waals surface area contributed by atoms with Gasteiger partial charge in [0, 0.05) is 30.4 Å². The van der Waals surface area contributed by atoms with E-state index in [2.05, 4.69) is 10.4 Å². The Labute approximate surface area is 132 Å². The Balaban J connectivity index is 1.69. The molecule has 1 fully saturated rings. The van der Waals surface area contributed by atoms with Gasteiger partial charge in [0.25, 0.3) is 5.91 Å². The maximum Gasteiger partial charge on any atom is 0.325 e. The van der Waals surface area contributed by atoms with Gasteiger partial charge in [0.2, 0.25) is 0 Å². The van der Waals surface area contributed by atoms with Crippen molar-refractivity contribution in [2.45, 2.75) is 18.9 Å². The Kier molecular flexibility index (Phi) is 4.38. The van der Waals surface area contributed by atoms with E-state index in [1.807, 2.05) is 18.2 Å². The molecule has 3 rings (SSSR count). The van der Waals surface area contributed by atoms with Crippen LogP contribution in [0.4, 0.5) is 5.82 Å². The van der Waals surface area contributed by atoms with Crippen LogP contribution in [0.1, 0.15) is 28.3 Å². The van der Waals surface area contributed by atoms with Gasteiger partial charge in [-0.3, -0.25) is 14.3 Å². The number of hydrogen-bond acceptors (Lipinski definition) is 4. The van der Waals surface area contributed by atoms with Gasteiger partial charge in [-0.05, 0) is 24.1 Å². The Hall–Kier alpha value is -2.67. The van der Waals surface area contributed by atoms with Gasteiger partial charge in [0.05, 0.1) is 6.61 Å². The number of carbonyl (C=O) groups excluding carboxylic acids is 1. The summed E-state index contributed by atoms with van der Waals surface area (Å²) < 4.78 is 6.63. The number of nitrogens with one attached hydrogen (secondary N) is 1. The smallest absolute Gasteiger partial charge is 0.325 e. The highest BCUT2D eigenvalue weighted by atomic mass is 16.5. The molecule has 7 nitrogen and oxygen atoms in total. The molecule has 1 saturated heterocycles. The minimum atomic E-state index is -0.988. The fourth-order valence-electron chi connectivity index (χ4n) is 2.57. The number of benzene rings is 1. The number of anilines is 1. The van der Waals surface area contributed by atoms with Gasteiger partial charge >= 0.3 is 5.97 Å². The number of nitrogens with zero attached hydrogens (tertiary/aromatic N) is 2. The molecule has 1 aromatic heterocycles. The van der Waals surface area contributed by atoms with Gasteiger partial charge in [-0.15, -0.1) is 0 Å². The lowest BCUT2D eigenvalue weighted by Gasteiger charge is -2.09. The van der Waals surface area contributed by atoms with Crippen LogP contribution in [0.25, 0.3) is 0 Å². The third-order valence-electron chi connectivity index (χ3n) is 3.73. The molecule has 1 aliphatic heterocycles. The average molecular weight is 315 g/mol. The molecule has 7 heteroatoms. The molecule has 2 N–H and O–H groups in total. The Morgan fingerprint density at radius 1 is 1.39 bits per heavy atom. The number of hydrogen-bond donors (Lipinski definition) is 2. The molecule has 0 bridgehead atoms. The first kappa shape index (κ1) is 15.2. The third kappa shape index (κ3) is 3.75. The van der Waals surface area contributed by atoms with Gasteiger partial charge in [-0.1, -0.05) is 12.1 Å². The minimum absolute atomic E-state index is 0.243. The van der Waals surface area contributed by atoms with Gasteiger partial charge < -0.3 is 15.2 Å². The van der Waals surface area contributed by atoms with Crippen molar-refractivity contribution in [3.8, 4) is 0 Å². The number of carbonyl (C=O) groups is 2. The van der Waals surface area contributed by atoms with Crippen molar-refractivity contribution in [3.05, 3.63) is 47.7 Å². The van der Waals surface area contributed by atoms with E-state index in [-0.39, 0.29) is 12.5 Å². The zero-order valence-corrected chi connectivity index (χ0v) is 12.4. The topological polar surface area (TPSA) is 93.5 Å². The van der Waals surface area contributed by atoms with Crippen molar-refractivity contribution < 1.29 is 19.4 Å². The fraction of sp³-hybridized carbons (Fsp3) is 0.312. The number of rotatable bonds is 5. The number of carboxylic acids is 1. The molecule has 120 valence electrons. The number of amides is 1. The van der Waals surface area contributed by atoms with E-state index < -0.39 is 5.97 Å². The molecule has 1 atom stereocenters. The summed E-state index contributed by atoms with van der Waals surface area (Å²) in [5, 5.41) is 15.4. The molecule has 0 saturated carbocycles. The molecule has 1 aromatic carbocycles. The molecular weight excluding hydrogens is 298 g/mol. The quantitative estimate of drug-likeness (QED) is 0.876. The summed E-state index contributed by atoms with van der Waals surface area (Å²) in [5.74, 6) is -0.604. The molecule has 2 aromatic rings. The molecule has 0 spiro atoms. The minimum Gasteiger partial charge on any atom is -0.480 e. The lowest BCUT2D eigenvalue weighted by molar-refractivity contribution is -0.137. The van der Waals surface area contributed by atoms with Gasteiger partial charge in [0.15, 0.2) is 5.82 Å². The van der Waals surface area contributed by atoms with Crippen molar-refractivity contribution in [1.82, 2.24) is 9.78 Å². The lowest BCUT2D eigenvalue weighted by atomic mass is 9.96. The largest absolute Gasteiger partial charge is 0.480 e. The van der Waals surface area contributed by atoms with Crippen molar-refractivity contribution in [2.24, 2.45) is 0 Å². The van der Waals surface area contributed by atoms with Crippen LogP contribution in [0.5, 0.6) is 0 Å². The van der Waals surface area contributed by atoms with Crippen LogP contribution in [0, 0.1) is 0 Å². The van der Waals surface area contributed by atoms with E-state index in [4.69, 9.17) is 9.84 Å². The Bertz CT molecular complexity index is 720. The summed E-state index contributed by atoms with van der Waals surface area (Å²) in [6, 6.07) is 9.02. The van der Waals surface area contributed by atoms with Gasteiger partial charge in [-0.2, -0.15) is 5.10 Å².